The lowest BCUT2D eigenvalue weighted by molar-refractivity contribution is 0.261. The third kappa shape index (κ3) is 5.33. The van der Waals surface area contributed by atoms with Gasteiger partial charge in [0.05, 0.1) is 0 Å². The zero-order valence-electron chi connectivity index (χ0n) is 11.9. The van der Waals surface area contributed by atoms with Crippen LogP contribution < -0.4 is 10.1 Å². The van der Waals surface area contributed by atoms with Crippen molar-refractivity contribution in [3.05, 3.63) is 24.3 Å². The van der Waals surface area contributed by atoms with Crippen molar-refractivity contribution in [1.29, 1.82) is 0 Å². The third-order valence-corrected chi connectivity index (χ3v) is 4.39. The average Bonchev–Trinajstić information content (AvgIpc) is 2.40. The van der Waals surface area contributed by atoms with Crippen LogP contribution in [0.25, 0.3) is 0 Å². The summed E-state index contributed by atoms with van der Waals surface area (Å²) >= 11 is 2.04. The maximum absolute atomic E-state index is 5.76. The van der Waals surface area contributed by atoms with Crippen LogP contribution in [0.3, 0.4) is 0 Å². The Morgan fingerprint density at radius 1 is 1.42 bits per heavy atom. The Morgan fingerprint density at radius 2 is 2.32 bits per heavy atom. The van der Waals surface area contributed by atoms with E-state index in [4.69, 9.17) is 4.74 Å². The quantitative estimate of drug-likeness (QED) is 0.866. The minimum atomic E-state index is 0.607. The van der Waals surface area contributed by atoms with Gasteiger partial charge in [0.15, 0.2) is 0 Å². The number of nitrogens with zero attached hydrogens (tertiary/aromatic N) is 1. The molecular weight excluding hydrogens is 256 g/mol. The van der Waals surface area contributed by atoms with Gasteiger partial charge in [-0.3, -0.25) is 0 Å². The van der Waals surface area contributed by atoms with E-state index in [1.165, 1.54) is 30.0 Å². The molecule has 106 valence electrons. The first-order valence-corrected chi connectivity index (χ1v) is 8.11. The maximum Gasteiger partial charge on any atom is 0.121 e. The highest BCUT2D eigenvalue weighted by Crippen LogP contribution is 2.23. The number of hydrogen-bond donors (Lipinski definition) is 1. The monoisotopic (exact) mass is 280 g/mol. The molecule has 1 atom stereocenters. The molecule has 0 radical (unpaired) electrons. The van der Waals surface area contributed by atoms with Crippen molar-refractivity contribution in [1.82, 2.24) is 4.90 Å². The van der Waals surface area contributed by atoms with Crippen LogP contribution >= 0.6 is 11.8 Å². The lowest BCUT2D eigenvalue weighted by atomic mass is 10.1. The Hall–Kier alpha value is -0.870. The zero-order chi connectivity index (χ0) is 13.5. The number of hydrogen-bond acceptors (Lipinski definition) is 4. The normalized spacial score (nSPS) is 19.4. The molecule has 1 aromatic carbocycles. The van der Waals surface area contributed by atoms with Gasteiger partial charge in [-0.25, -0.2) is 0 Å². The Balaban J connectivity index is 1.83. The van der Waals surface area contributed by atoms with Gasteiger partial charge in [0, 0.05) is 30.1 Å². The Labute approximate surface area is 120 Å². The Morgan fingerprint density at radius 3 is 3.05 bits per heavy atom. The van der Waals surface area contributed by atoms with Gasteiger partial charge in [0.2, 0.25) is 0 Å². The van der Waals surface area contributed by atoms with Crippen LogP contribution in [0.15, 0.2) is 24.3 Å². The second-order valence-corrected chi connectivity index (χ2v) is 6.39. The van der Waals surface area contributed by atoms with Gasteiger partial charge >= 0.3 is 0 Å². The van der Waals surface area contributed by atoms with Gasteiger partial charge < -0.3 is 15.0 Å². The standard InChI is InChI=1S/C15H24N2OS/c1-17(2)8-9-18-15-7-3-5-13(11-15)16-14-6-4-10-19-12-14/h3,5,7,11,14,16H,4,6,8-10,12H2,1-2H3. The minimum Gasteiger partial charge on any atom is -0.492 e. The summed E-state index contributed by atoms with van der Waals surface area (Å²) in [5, 5.41) is 3.61. The van der Waals surface area contributed by atoms with Gasteiger partial charge in [-0.2, -0.15) is 11.8 Å². The van der Waals surface area contributed by atoms with E-state index >= 15 is 0 Å². The van der Waals surface area contributed by atoms with E-state index < -0.39 is 0 Å². The van der Waals surface area contributed by atoms with E-state index in [0.29, 0.717) is 6.04 Å². The fourth-order valence-electron chi connectivity index (χ4n) is 2.11. The predicted octanol–water partition coefficient (Wildman–Crippen LogP) is 2.93. The van der Waals surface area contributed by atoms with Crippen LogP contribution in [-0.4, -0.2) is 49.7 Å². The molecule has 3 nitrogen and oxygen atoms in total. The van der Waals surface area contributed by atoms with E-state index in [2.05, 4.69) is 42.5 Å². The summed E-state index contributed by atoms with van der Waals surface area (Å²) in [5.74, 6) is 3.48. The molecule has 1 fully saturated rings. The largest absolute Gasteiger partial charge is 0.492 e. The van der Waals surface area contributed by atoms with E-state index in [0.717, 1.165) is 18.9 Å². The molecular formula is C15H24N2OS. The SMILES string of the molecule is CN(C)CCOc1cccc(NC2CCCSC2)c1. The molecule has 0 amide bonds. The van der Waals surface area contributed by atoms with Crippen molar-refractivity contribution in [3.8, 4) is 5.75 Å². The number of rotatable bonds is 6. The lowest BCUT2D eigenvalue weighted by Crippen LogP contribution is -2.25. The van der Waals surface area contributed by atoms with Gasteiger partial charge in [-0.1, -0.05) is 6.07 Å². The van der Waals surface area contributed by atoms with Crippen molar-refractivity contribution in [2.45, 2.75) is 18.9 Å². The minimum absolute atomic E-state index is 0.607. The number of anilines is 1. The van der Waals surface area contributed by atoms with Gasteiger partial charge in [0.1, 0.15) is 12.4 Å². The molecule has 0 aliphatic carbocycles. The maximum atomic E-state index is 5.76. The molecule has 19 heavy (non-hydrogen) atoms. The summed E-state index contributed by atoms with van der Waals surface area (Å²) in [6, 6.07) is 8.92. The molecule has 1 saturated heterocycles. The van der Waals surface area contributed by atoms with Crippen LogP contribution in [-0.2, 0) is 0 Å². The highest BCUT2D eigenvalue weighted by molar-refractivity contribution is 7.99. The smallest absolute Gasteiger partial charge is 0.121 e. The number of nitrogens with one attached hydrogen (secondary N) is 1. The van der Waals surface area contributed by atoms with Crippen LogP contribution in [0.1, 0.15) is 12.8 Å². The van der Waals surface area contributed by atoms with Crippen molar-refractivity contribution in [3.63, 3.8) is 0 Å². The Bertz CT molecular complexity index is 378. The first-order chi connectivity index (χ1) is 9.24. The molecule has 0 spiro atoms. The molecule has 0 aromatic heterocycles. The fraction of sp³-hybridized carbons (Fsp3) is 0.600. The topological polar surface area (TPSA) is 24.5 Å². The summed E-state index contributed by atoms with van der Waals surface area (Å²) in [6.45, 7) is 1.67. The molecule has 1 aliphatic heterocycles. The van der Waals surface area contributed by atoms with Gasteiger partial charge in [0.25, 0.3) is 0 Å². The first-order valence-electron chi connectivity index (χ1n) is 6.96. The first kappa shape index (κ1) is 14.5. The number of likely N-dealkylation sites (N-methyl/N-ethyl adjacent to an activating group) is 1. The van der Waals surface area contributed by atoms with E-state index in [1.807, 2.05) is 17.8 Å². The van der Waals surface area contributed by atoms with Crippen LogP contribution in [0.2, 0.25) is 0 Å². The average molecular weight is 280 g/mol. The molecule has 1 N–H and O–H groups in total. The van der Waals surface area contributed by atoms with E-state index in [9.17, 15) is 0 Å². The number of ether oxygens (including phenoxy) is 1. The molecule has 1 unspecified atom stereocenters. The molecule has 1 heterocycles. The summed E-state index contributed by atoms with van der Waals surface area (Å²) in [4.78, 5) is 2.13. The van der Waals surface area contributed by atoms with Crippen LogP contribution in [0.4, 0.5) is 5.69 Å². The second kappa shape index (κ2) is 7.65. The second-order valence-electron chi connectivity index (χ2n) is 5.24. The molecule has 0 saturated carbocycles. The summed E-state index contributed by atoms with van der Waals surface area (Å²) < 4.78 is 5.76. The molecule has 4 heteroatoms. The highest BCUT2D eigenvalue weighted by atomic mass is 32.2. The summed E-state index contributed by atoms with van der Waals surface area (Å²) in [6.07, 6.45) is 2.60. The van der Waals surface area contributed by atoms with E-state index in [-0.39, 0.29) is 0 Å². The van der Waals surface area contributed by atoms with Crippen molar-refractivity contribution in [2.24, 2.45) is 0 Å². The molecule has 0 bridgehead atoms. The number of benzene rings is 1. The van der Waals surface area contributed by atoms with Crippen LogP contribution in [0, 0.1) is 0 Å². The van der Waals surface area contributed by atoms with Crippen molar-refractivity contribution in [2.75, 3.05) is 44.1 Å². The molecule has 2 rings (SSSR count). The van der Waals surface area contributed by atoms with Crippen LogP contribution in [0.5, 0.6) is 5.75 Å². The lowest BCUT2D eigenvalue weighted by Gasteiger charge is -2.23. The van der Waals surface area contributed by atoms with Crippen molar-refractivity contribution < 1.29 is 4.74 Å². The fourth-order valence-corrected chi connectivity index (χ4v) is 3.18. The summed E-state index contributed by atoms with van der Waals surface area (Å²) in [7, 11) is 4.12. The van der Waals surface area contributed by atoms with Gasteiger partial charge in [-0.15, -0.1) is 0 Å². The summed E-state index contributed by atoms with van der Waals surface area (Å²) in [5.41, 5.74) is 1.18. The van der Waals surface area contributed by atoms with E-state index in [1.54, 1.807) is 0 Å². The Kier molecular flexibility index (Phi) is 5.86. The zero-order valence-corrected chi connectivity index (χ0v) is 12.7. The predicted molar refractivity (Wildman–Crippen MR) is 84.5 cm³/mol. The third-order valence-electron chi connectivity index (χ3n) is 3.17. The van der Waals surface area contributed by atoms with Crippen molar-refractivity contribution >= 4 is 17.4 Å². The molecule has 1 aromatic rings. The van der Waals surface area contributed by atoms with Gasteiger partial charge in [-0.05, 0) is 44.8 Å². The molecule has 1 aliphatic rings. The number of thioether (sulfide) groups is 1. The highest BCUT2D eigenvalue weighted by Gasteiger charge is 2.13.